The molecule has 0 saturated heterocycles. The van der Waals surface area contributed by atoms with Crippen LogP contribution in [0.3, 0.4) is 0 Å². The molecule has 2 unspecified atom stereocenters. The van der Waals surface area contributed by atoms with Crippen molar-refractivity contribution in [2.45, 2.75) is 52.6 Å². The van der Waals surface area contributed by atoms with Crippen LogP contribution in [0.5, 0.6) is 0 Å². The molecule has 0 rings (SSSR count). The fraction of sp³-hybridized carbons (Fsp3) is 1.00. The van der Waals surface area contributed by atoms with Crippen LogP contribution in [-0.4, -0.2) is 37.5 Å². The maximum Gasteiger partial charge on any atom is 0.0897 e. The third-order valence-electron chi connectivity index (χ3n) is 2.84. The van der Waals surface area contributed by atoms with Gasteiger partial charge in [-0.1, -0.05) is 40.0 Å². The molecule has 3 nitrogen and oxygen atoms in total. The molecule has 0 aromatic rings. The second kappa shape index (κ2) is 11.4. The number of nitrogens with one attached hydrogen (secondary N) is 1. The van der Waals surface area contributed by atoms with Crippen molar-refractivity contribution in [2.75, 3.05) is 26.3 Å². The van der Waals surface area contributed by atoms with E-state index in [4.69, 9.17) is 4.74 Å². The van der Waals surface area contributed by atoms with Crippen LogP contribution in [-0.2, 0) is 4.74 Å². The average molecular weight is 231 g/mol. The highest BCUT2D eigenvalue weighted by Gasteiger charge is 2.08. The molecule has 16 heavy (non-hydrogen) atoms. The van der Waals surface area contributed by atoms with Crippen LogP contribution < -0.4 is 5.32 Å². The molecule has 0 amide bonds. The summed E-state index contributed by atoms with van der Waals surface area (Å²) in [5.74, 6) is 0.659. The second-order valence-corrected chi connectivity index (χ2v) is 4.42. The molecule has 0 heterocycles. The summed E-state index contributed by atoms with van der Waals surface area (Å²) in [4.78, 5) is 0. The summed E-state index contributed by atoms with van der Waals surface area (Å²) >= 11 is 0. The van der Waals surface area contributed by atoms with Gasteiger partial charge in [0.25, 0.3) is 0 Å². The fourth-order valence-corrected chi connectivity index (χ4v) is 1.64. The van der Waals surface area contributed by atoms with E-state index in [0.29, 0.717) is 19.1 Å². The van der Waals surface area contributed by atoms with Gasteiger partial charge in [-0.2, -0.15) is 0 Å². The molecular weight excluding hydrogens is 202 g/mol. The third kappa shape index (κ3) is 9.13. The average Bonchev–Trinajstić information content (AvgIpc) is 2.30. The molecule has 2 N–H and O–H groups in total. The minimum atomic E-state index is -0.372. The maximum absolute atomic E-state index is 9.55. The zero-order valence-corrected chi connectivity index (χ0v) is 11.2. The van der Waals surface area contributed by atoms with Crippen molar-refractivity contribution in [1.29, 1.82) is 0 Å². The minimum absolute atomic E-state index is 0.372. The highest BCUT2D eigenvalue weighted by atomic mass is 16.5. The van der Waals surface area contributed by atoms with Gasteiger partial charge in [0.05, 0.1) is 12.7 Å². The second-order valence-electron chi connectivity index (χ2n) is 4.42. The molecular formula is C13H29NO2. The van der Waals surface area contributed by atoms with Crippen LogP contribution in [0.4, 0.5) is 0 Å². The Morgan fingerprint density at radius 1 is 1.19 bits per heavy atom. The van der Waals surface area contributed by atoms with Gasteiger partial charge in [-0.25, -0.2) is 0 Å². The monoisotopic (exact) mass is 231 g/mol. The maximum atomic E-state index is 9.55. The Balaban J connectivity index is 3.45. The zero-order chi connectivity index (χ0) is 12.2. The molecule has 2 atom stereocenters. The van der Waals surface area contributed by atoms with Gasteiger partial charge in [-0.3, -0.25) is 0 Å². The molecule has 0 aliphatic rings. The van der Waals surface area contributed by atoms with Crippen molar-refractivity contribution < 1.29 is 9.84 Å². The lowest BCUT2D eigenvalue weighted by atomic mass is 10.0. The number of rotatable bonds is 11. The predicted molar refractivity (Wildman–Crippen MR) is 68.7 cm³/mol. The van der Waals surface area contributed by atoms with Crippen LogP contribution in [0.1, 0.15) is 46.5 Å². The van der Waals surface area contributed by atoms with Crippen LogP contribution >= 0.6 is 0 Å². The number of aliphatic hydroxyl groups excluding tert-OH is 1. The van der Waals surface area contributed by atoms with Gasteiger partial charge >= 0.3 is 0 Å². The van der Waals surface area contributed by atoms with Crippen molar-refractivity contribution in [1.82, 2.24) is 5.32 Å². The van der Waals surface area contributed by atoms with E-state index in [9.17, 15) is 5.11 Å². The fourth-order valence-electron chi connectivity index (χ4n) is 1.64. The first-order chi connectivity index (χ1) is 7.74. The van der Waals surface area contributed by atoms with Crippen LogP contribution in [0.15, 0.2) is 0 Å². The van der Waals surface area contributed by atoms with E-state index in [0.717, 1.165) is 13.2 Å². The molecule has 98 valence electrons. The Hall–Kier alpha value is -0.120. The van der Waals surface area contributed by atoms with Crippen molar-refractivity contribution >= 4 is 0 Å². The number of likely N-dealkylation sites (N-methyl/N-ethyl adjacent to an activating group) is 1. The largest absolute Gasteiger partial charge is 0.389 e. The van der Waals surface area contributed by atoms with E-state index in [1.807, 2.05) is 6.92 Å². The van der Waals surface area contributed by atoms with Gasteiger partial charge in [-0.15, -0.1) is 0 Å². The smallest absolute Gasteiger partial charge is 0.0897 e. The summed E-state index contributed by atoms with van der Waals surface area (Å²) in [6.07, 6.45) is 4.57. The van der Waals surface area contributed by atoms with E-state index < -0.39 is 0 Å². The van der Waals surface area contributed by atoms with Gasteiger partial charge in [0.2, 0.25) is 0 Å². The number of unbranched alkanes of at least 4 members (excludes halogenated alkanes) is 1. The topological polar surface area (TPSA) is 41.5 Å². The molecule has 0 saturated carbocycles. The third-order valence-corrected chi connectivity index (χ3v) is 2.84. The minimum Gasteiger partial charge on any atom is -0.389 e. The van der Waals surface area contributed by atoms with Gasteiger partial charge in [-0.05, 0) is 18.9 Å². The van der Waals surface area contributed by atoms with Crippen molar-refractivity contribution in [3.63, 3.8) is 0 Å². The first kappa shape index (κ1) is 15.9. The molecule has 3 heteroatoms. The van der Waals surface area contributed by atoms with Crippen LogP contribution in [0.25, 0.3) is 0 Å². The number of hydrogen-bond acceptors (Lipinski definition) is 3. The first-order valence-electron chi connectivity index (χ1n) is 6.71. The molecule has 0 spiro atoms. The van der Waals surface area contributed by atoms with E-state index >= 15 is 0 Å². The van der Waals surface area contributed by atoms with Crippen molar-refractivity contribution in [3.8, 4) is 0 Å². The molecule has 0 bridgehead atoms. The van der Waals surface area contributed by atoms with E-state index in [1.54, 1.807) is 0 Å². The summed E-state index contributed by atoms with van der Waals surface area (Å²) in [5, 5.41) is 12.7. The standard InChI is InChI=1S/C13H29NO2/c1-4-7-8-12(5-2)10-16-11-13(15)9-14-6-3/h12-15H,4-11H2,1-3H3. The molecule has 0 aliphatic carbocycles. The highest BCUT2D eigenvalue weighted by Crippen LogP contribution is 2.12. The Kier molecular flexibility index (Phi) is 11.3. The van der Waals surface area contributed by atoms with Crippen molar-refractivity contribution in [2.24, 2.45) is 5.92 Å². The quantitative estimate of drug-likeness (QED) is 0.573. The first-order valence-corrected chi connectivity index (χ1v) is 6.71. The van der Waals surface area contributed by atoms with Gasteiger partial charge < -0.3 is 15.2 Å². The summed E-state index contributed by atoms with van der Waals surface area (Å²) in [5.41, 5.74) is 0. The lowest BCUT2D eigenvalue weighted by molar-refractivity contribution is 0.0196. The van der Waals surface area contributed by atoms with Gasteiger partial charge in [0, 0.05) is 13.2 Å². The van der Waals surface area contributed by atoms with E-state index in [1.165, 1.54) is 25.7 Å². The Labute approximate surface area is 101 Å². The van der Waals surface area contributed by atoms with E-state index in [-0.39, 0.29) is 6.10 Å². The number of hydrogen-bond donors (Lipinski definition) is 2. The molecule has 0 aromatic heterocycles. The summed E-state index contributed by atoms with van der Waals surface area (Å²) in [7, 11) is 0. The lowest BCUT2D eigenvalue weighted by Crippen LogP contribution is -2.30. The Bertz CT molecular complexity index is 142. The Morgan fingerprint density at radius 2 is 1.94 bits per heavy atom. The summed E-state index contributed by atoms with van der Waals surface area (Å²) < 4.78 is 5.55. The van der Waals surface area contributed by atoms with Gasteiger partial charge in [0.15, 0.2) is 0 Å². The zero-order valence-electron chi connectivity index (χ0n) is 11.2. The van der Waals surface area contributed by atoms with Crippen LogP contribution in [0.2, 0.25) is 0 Å². The summed E-state index contributed by atoms with van der Waals surface area (Å²) in [6.45, 7) is 9.22. The normalized spacial score (nSPS) is 15.0. The lowest BCUT2D eigenvalue weighted by Gasteiger charge is -2.16. The number of aliphatic hydroxyl groups is 1. The highest BCUT2D eigenvalue weighted by molar-refractivity contribution is 4.59. The summed E-state index contributed by atoms with van der Waals surface area (Å²) in [6, 6.07) is 0. The molecule has 0 aromatic carbocycles. The predicted octanol–water partition coefficient (Wildman–Crippen LogP) is 2.19. The molecule has 0 aliphatic heterocycles. The van der Waals surface area contributed by atoms with Crippen molar-refractivity contribution in [3.05, 3.63) is 0 Å². The van der Waals surface area contributed by atoms with E-state index in [2.05, 4.69) is 19.2 Å². The van der Waals surface area contributed by atoms with Crippen LogP contribution in [0, 0.1) is 5.92 Å². The molecule has 0 radical (unpaired) electrons. The number of ether oxygens (including phenoxy) is 1. The Morgan fingerprint density at radius 3 is 2.50 bits per heavy atom. The SMILES string of the molecule is CCCCC(CC)COCC(O)CNCC. The molecule has 0 fully saturated rings. The van der Waals surface area contributed by atoms with Gasteiger partial charge in [0.1, 0.15) is 0 Å².